The molecule has 0 aliphatic heterocycles. The van der Waals surface area contributed by atoms with Crippen LogP contribution in [0.15, 0.2) is 97.1 Å². The fourth-order valence-electron chi connectivity index (χ4n) is 3.79. The summed E-state index contributed by atoms with van der Waals surface area (Å²) in [5, 5.41) is 10.7. The number of halogens is 1. The Bertz CT molecular complexity index is 1300. The Balaban J connectivity index is 1.43. The monoisotopic (exact) mass is 590 g/mol. The summed E-state index contributed by atoms with van der Waals surface area (Å²) in [6.45, 7) is 0.277. The highest BCUT2D eigenvalue weighted by Gasteiger charge is 2.15. The van der Waals surface area contributed by atoms with E-state index in [1.165, 1.54) is 3.57 Å². The van der Waals surface area contributed by atoms with Crippen molar-refractivity contribution in [1.82, 2.24) is 0 Å². The van der Waals surface area contributed by atoms with Gasteiger partial charge in [0.1, 0.15) is 30.3 Å². The van der Waals surface area contributed by atoms with Crippen molar-refractivity contribution in [3.63, 3.8) is 0 Å². The van der Waals surface area contributed by atoms with Crippen LogP contribution in [0.1, 0.15) is 40.0 Å². The molecule has 182 valence electrons. The van der Waals surface area contributed by atoms with Crippen molar-refractivity contribution in [2.45, 2.75) is 12.2 Å². The fourth-order valence-corrected chi connectivity index (χ4v) is 4.15. The van der Waals surface area contributed by atoms with Crippen molar-refractivity contribution >= 4 is 22.6 Å². The lowest BCUT2D eigenvalue weighted by Crippen LogP contribution is -2.07. The number of benzene rings is 4. The molecule has 0 heterocycles. The second-order valence-corrected chi connectivity index (χ2v) is 9.36. The molecule has 0 bridgehead atoms. The van der Waals surface area contributed by atoms with E-state index in [4.69, 9.17) is 14.2 Å². The second kappa shape index (κ2) is 12.6. The molecule has 0 amide bonds. The number of hydrogen-bond donors (Lipinski definition) is 1. The van der Waals surface area contributed by atoms with Gasteiger partial charge in [0.15, 0.2) is 0 Å². The van der Waals surface area contributed by atoms with Gasteiger partial charge in [-0.25, -0.2) is 0 Å². The smallest absolute Gasteiger partial charge is 0.118 e. The van der Waals surface area contributed by atoms with E-state index in [0.29, 0.717) is 0 Å². The highest BCUT2D eigenvalue weighted by atomic mass is 127. The van der Waals surface area contributed by atoms with Gasteiger partial charge in [-0.05, 0) is 93.4 Å². The SMILES string of the molecule is COc1ccc(C(O)c2ccc(C#CCOC(c3ccc(I)cc3)c3ccc(OC)cc3)cc2)cc1. The summed E-state index contributed by atoms with van der Waals surface area (Å²) < 4.78 is 17.9. The molecule has 4 rings (SSSR count). The van der Waals surface area contributed by atoms with Crippen LogP contribution in [0.4, 0.5) is 0 Å². The number of methoxy groups -OCH3 is 2. The van der Waals surface area contributed by atoms with E-state index >= 15 is 0 Å². The quantitative estimate of drug-likeness (QED) is 0.187. The van der Waals surface area contributed by atoms with Crippen molar-refractivity contribution in [2.24, 2.45) is 0 Å². The van der Waals surface area contributed by atoms with Crippen LogP contribution in [0.3, 0.4) is 0 Å². The summed E-state index contributed by atoms with van der Waals surface area (Å²) in [4.78, 5) is 0. The van der Waals surface area contributed by atoms with Crippen molar-refractivity contribution < 1.29 is 19.3 Å². The lowest BCUT2D eigenvalue weighted by Gasteiger charge is -2.18. The summed E-state index contributed by atoms with van der Waals surface area (Å²) in [6, 6.07) is 31.2. The average Bonchev–Trinajstić information content (AvgIpc) is 2.94. The number of hydrogen-bond acceptors (Lipinski definition) is 4. The van der Waals surface area contributed by atoms with Gasteiger partial charge in [-0.15, -0.1) is 0 Å². The summed E-state index contributed by atoms with van der Waals surface area (Å²) in [7, 11) is 3.28. The third-order valence-corrected chi connectivity index (χ3v) is 6.52. The van der Waals surface area contributed by atoms with Crippen LogP contribution in [0.25, 0.3) is 0 Å². The van der Waals surface area contributed by atoms with E-state index in [0.717, 1.165) is 39.3 Å². The lowest BCUT2D eigenvalue weighted by atomic mass is 10.0. The molecule has 36 heavy (non-hydrogen) atoms. The van der Waals surface area contributed by atoms with E-state index in [-0.39, 0.29) is 12.7 Å². The molecule has 0 aromatic heterocycles. The van der Waals surface area contributed by atoms with Gasteiger partial charge in [-0.1, -0.05) is 60.4 Å². The highest BCUT2D eigenvalue weighted by molar-refractivity contribution is 14.1. The highest BCUT2D eigenvalue weighted by Crippen LogP contribution is 2.28. The molecule has 1 N–H and O–H groups in total. The van der Waals surface area contributed by atoms with Gasteiger partial charge < -0.3 is 19.3 Å². The summed E-state index contributed by atoms with van der Waals surface area (Å²) in [6.07, 6.45) is -0.940. The minimum absolute atomic E-state index is 0.232. The Morgan fingerprint density at radius 3 is 1.61 bits per heavy atom. The van der Waals surface area contributed by atoms with E-state index in [2.05, 4.69) is 58.7 Å². The summed E-state index contributed by atoms with van der Waals surface area (Å²) >= 11 is 2.30. The molecule has 5 heteroatoms. The lowest BCUT2D eigenvalue weighted by molar-refractivity contribution is 0.108. The van der Waals surface area contributed by atoms with Crippen molar-refractivity contribution in [2.75, 3.05) is 20.8 Å². The zero-order chi connectivity index (χ0) is 25.3. The average molecular weight is 590 g/mol. The predicted molar refractivity (Wildman–Crippen MR) is 150 cm³/mol. The van der Waals surface area contributed by atoms with Gasteiger partial charge in [-0.3, -0.25) is 0 Å². The topological polar surface area (TPSA) is 47.9 Å². The number of aliphatic hydroxyl groups is 1. The third kappa shape index (κ3) is 6.67. The van der Waals surface area contributed by atoms with Gasteiger partial charge in [-0.2, -0.15) is 0 Å². The zero-order valence-electron chi connectivity index (χ0n) is 20.1. The van der Waals surface area contributed by atoms with Crippen LogP contribution < -0.4 is 9.47 Å². The molecule has 0 saturated carbocycles. The minimum Gasteiger partial charge on any atom is -0.497 e. The Labute approximate surface area is 226 Å². The van der Waals surface area contributed by atoms with Crippen molar-refractivity contribution in [1.29, 1.82) is 0 Å². The molecule has 0 radical (unpaired) electrons. The summed E-state index contributed by atoms with van der Waals surface area (Å²) in [5.74, 6) is 7.85. The maximum atomic E-state index is 10.7. The van der Waals surface area contributed by atoms with Crippen molar-refractivity contribution in [3.8, 4) is 23.3 Å². The van der Waals surface area contributed by atoms with Crippen LogP contribution in [-0.2, 0) is 4.74 Å². The summed E-state index contributed by atoms with van der Waals surface area (Å²) in [5.41, 5.74) is 4.58. The first-order chi connectivity index (χ1) is 17.6. The van der Waals surface area contributed by atoms with Crippen LogP contribution in [0.2, 0.25) is 0 Å². The van der Waals surface area contributed by atoms with Crippen LogP contribution in [-0.4, -0.2) is 25.9 Å². The second-order valence-electron chi connectivity index (χ2n) is 8.12. The Morgan fingerprint density at radius 2 is 1.11 bits per heavy atom. The molecule has 0 aliphatic rings. The van der Waals surface area contributed by atoms with Gasteiger partial charge in [0, 0.05) is 9.13 Å². The van der Waals surface area contributed by atoms with Crippen LogP contribution in [0, 0.1) is 15.4 Å². The van der Waals surface area contributed by atoms with E-state index in [1.807, 2.05) is 72.8 Å². The molecule has 4 aromatic carbocycles. The van der Waals surface area contributed by atoms with Gasteiger partial charge in [0.25, 0.3) is 0 Å². The third-order valence-electron chi connectivity index (χ3n) is 5.80. The molecule has 0 spiro atoms. The van der Waals surface area contributed by atoms with Crippen LogP contribution >= 0.6 is 22.6 Å². The van der Waals surface area contributed by atoms with Crippen LogP contribution in [0.5, 0.6) is 11.5 Å². The normalized spacial score (nSPS) is 12.2. The standard InChI is InChI=1S/C31H27IO4/c1-34-28-17-11-24(12-18-28)30(33)23-7-5-22(6-8-23)4-3-21-36-31(25-9-15-27(32)16-10-25)26-13-19-29(35-2)20-14-26/h5-20,30-31,33H,21H2,1-2H3. The van der Waals surface area contributed by atoms with Gasteiger partial charge in [0.05, 0.1) is 14.2 Å². The Morgan fingerprint density at radius 1 is 0.667 bits per heavy atom. The van der Waals surface area contributed by atoms with Gasteiger partial charge in [0.2, 0.25) is 0 Å². The molecule has 4 nitrogen and oxygen atoms in total. The molecule has 2 atom stereocenters. The van der Waals surface area contributed by atoms with Gasteiger partial charge >= 0.3 is 0 Å². The number of ether oxygens (including phenoxy) is 3. The first kappa shape index (κ1) is 25.8. The first-order valence-corrected chi connectivity index (χ1v) is 12.6. The molecule has 4 aromatic rings. The fraction of sp³-hybridized carbons (Fsp3) is 0.161. The molecule has 0 saturated heterocycles. The Hall–Kier alpha value is -3.31. The van der Waals surface area contributed by atoms with Crippen molar-refractivity contribution in [3.05, 3.63) is 128 Å². The molecular formula is C31H27IO4. The molecule has 0 aliphatic carbocycles. The predicted octanol–water partition coefficient (Wildman–Crippen LogP) is 6.55. The first-order valence-electron chi connectivity index (χ1n) is 11.5. The minimum atomic E-state index is -0.708. The maximum absolute atomic E-state index is 10.7. The number of rotatable bonds is 8. The molecular weight excluding hydrogens is 563 g/mol. The zero-order valence-corrected chi connectivity index (χ0v) is 22.3. The van der Waals surface area contributed by atoms with E-state index in [9.17, 15) is 5.11 Å². The van der Waals surface area contributed by atoms with E-state index in [1.54, 1.807) is 14.2 Å². The van der Waals surface area contributed by atoms with E-state index < -0.39 is 6.10 Å². The molecule has 2 unspecified atom stereocenters. The molecule has 0 fully saturated rings. The largest absolute Gasteiger partial charge is 0.497 e. The maximum Gasteiger partial charge on any atom is 0.118 e. The number of aliphatic hydroxyl groups excluding tert-OH is 1. The Kier molecular flexibility index (Phi) is 9.01.